The minimum absolute atomic E-state index is 0.0396. The van der Waals surface area contributed by atoms with Crippen molar-refractivity contribution in [2.75, 3.05) is 25.0 Å². The van der Waals surface area contributed by atoms with E-state index in [4.69, 9.17) is 0 Å². The Morgan fingerprint density at radius 2 is 2.08 bits per heavy atom. The van der Waals surface area contributed by atoms with Crippen LogP contribution in [0.3, 0.4) is 0 Å². The maximum atomic E-state index is 12.7. The summed E-state index contributed by atoms with van der Waals surface area (Å²) in [6.07, 6.45) is 11.0. The van der Waals surface area contributed by atoms with Gasteiger partial charge in [-0.25, -0.2) is 9.97 Å². The van der Waals surface area contributed by atoms with E-state index in [1.165, 1.54) is 0 Å². The molecule has 2 aliphatic rings. The third kappa shape index (κ3) is 2.44. The second-order valence-corrected chi connectivity index (χ2v) is 6.82. The number of fused-ring (bicyclic) bond motifs is 1. The molecule has 1 saturated heterocycles. The molecule has 7 heteroatoms. The highest BCUT2D eigenvalue weighted by Gasteiger charge is 2.46. The van der Waals surface area contributed by atoms with E-state index in [1.54, 1.807) is 29.4 Å². The van der Waals surface area contributed by atoms with Crippen LogP contribution >= 0.6 is 0 Å². The summed E-state index contributed by atoms with van der Waals surface area (Å²) in [5.41, 5.74) is 0. The van der Waals surface area contributed by atoms with Gasteiger partial charge in [-0.1, -0.05) is 0 Å². The number of imidazole rings is 1. The molecule has 126 valence electrons. The van der Waals surface area contributed by atoms with Gasteiger partial charge in [0.1, 0.15) is 5.82 Å². The molecule has 0 spiro atoms. The third-order valence-corrected chi connectivity index (χ3v) is 5.53. The molecule has 1 aliphatic heterocycles. The molecule has 24 heavy (non-hydrogen) atoms. The smallest absolute Gasteiger partial charge is 0.289 e. The molecule has 4 rings (SSSR count). The van der Waals surface area contributed by atoms with Gasteiger partial charge in [-0.15, -0.1) is 0 Å². The molecule has 0 unspecified atom stereocenters. The zero-order valence-electron chi connectivity index (χ0n) is 14.0. The van der Waals surface area contributed by atoms with E-state index in [0.29, 0.717) is 23.7 Å². The fourth-order valence-electron chi connectivity index (χ4n) is 4.24. The predicted molar refractivity (Wildman–Crippen MR) is 89.5 cm³/mol. The Kier molecular flexibility index (Phi) is 3.70. The summed E-state index contributed by atoms with van der Waals surface area (Å²) in [7, 11) is 3.95. The van der Waals surface area contributed by atoms with Crippen molar-refractivity contribution in [1.82, 2.24) is 24.4 Å². The molecule has 1 amide bonds. The van der Waals surface area contributed by atoms with Crippen molar-refractivity contribution < 1.29 is 4.79 Å². The maximum absolute atomic E-state index is 12.7. The second-order valence-electron chi connectivity index (χ2n) is 6.82. The number of amides is 1. The molecular weight excluding hydrogens is 304 g/mol. The molecule has 0 aromatic carbocycles. The Balaban J connectivity index is 1.49. The van der Waals surface area contributed by atoms with Crippen LogP contribution in [0.25, 0.3) is 0 Å². The Morgan fingerprint density at radius 3 is 2.79 bits per heavy atom. The second kappa shape index (κ2) is 5.89. The van der Waals surface area contributed by atoms with E-state index in [1.807, 2.05) is 18.1 Å². The number of anilines is 1. The van der Waals surface area contributed by atoms with Crippen LogP contribution in [0.4, 0.5) is 5.82 Å². The van der Waals surface area contributed by atoms with Gasteiger partial charge in [0, 0.05) is 63.9 Å². The number of carbonyl (C=O) groups is 1. The molecule has 0 radical (unpaired) electrons. The van der Waals surface area contributed by atoms with Crippen molar-refractivity contribution in [2.45, 2.75) is 18.9 Å². The first kappa shape index (κ1) is 15.1. The third-order valence-electron chi connectivity index (χ3n) is 5.53. The number of hydrogen-bond donors (Lipinski definition) is 0. The van der Waals surface area contributed by atoms with Gasteiger partial charge < -0.3 is 14.4 Å². The number of carbonyl (C=O) groups excluding carboxylic acids is 1. The minimum atomic E-state index is 0.0396. The van der Waals surface area contributed by atoms with E-state index in [-0.39, 0.29) is 5.91 Å². The summed E-state index contributed by atoms with van der Waals surface area (Å²) in [6, 6.07) is 0.408. The Bertz CT molecular complexity index is 730. The number of aromatic nitrogens is 4. The summed E-state index contributed by atoms with van der Waals surface area (Å²) in [5.74, 6) is 2.52. The van der Waals surface area contributed by atoms with Gasteiger partial charge in [-0.2, -0.15) is 0 Å². The van der Waals surface area contributed by atoms with E-state index < -0.39 is 0 Å². The summed E-state index contributed by atoms with van der Waals surface area (Å²) in [5, 5.41) is 0. The van der Waals surface area contributed by atoms with Gasteiger partial charge in [0.2, 0.25) is 0 Å². The standard InChI is InChI=1S/C17H22N6O/c1-21-8-7-20-16(21)17(24)23-10-12-3-4-14(13(12)11-23)22(2)15-9-18-5-6-19-15/h5-9,12-14H,3-4,10-11H2,1-2H3/t12-,13+,14-/m1/s1. The number of aryl methyl sites for hydroxylation is 1. The van der Waals surface area contributed by atoms with Crippen molar-refractivity contribution in [3.63, 3.8) is 0 Å². The molecule has 3 heterocycles. The molecule has 7 nitrogen and oxygen atoms in total. The highest BCUT2D eigenvalue weighted by atomic mass is 16.2. The Labute approximate surface area is 141 Å². The minimum Gasteiger partial charge on any atom is -0.355 e. The summed E-state index contributed by atoms with van der Waals surface area (Å²) in [4.78, 5) is 29.7. The number of rotatable bonds is 3. The summed E-state index contributed by atoms with van der Waals surface area (Å²) in [6.45, 7) is 1.63. The molecule has 1 saturated carbocycles. The lowest BCUT2D eigenvalue weighted by atomic mass is 9.97. The number of nitrogens with zero attached hydrogens (tertiary/aromatic N) is 6. The van der Waals surface area contributed by atoms with Crippen molar-refractivity contribution >= 4 is 11.7 Å². The van der Waals surface area contributed by atoms with Crippen molar-refractivity contribution in [3.05, 3.63) is 36.8 Å². The van der Waals surface area contributed by atoms with Crippen LogP contribution in [0.1, 0.15) is 23.5 Å². The summed E-state index contributed by atoms with van der Waals surface area (Å²) < 4.78 is 1.79. The molecule has 2 aromatic rings. The lowest BCUT2D eigenvalue weighted by Gasteiger charge is -2.30. The van der Waals surface area contributed by atoms with Gasteiger partial charge in [-0.3, -0.25) is 9.78 Å². The zero-order chi connectivity index (χ0) is 16.7. The first-order chi connectivity index (χ1) is 11.6. The average Bonchev–Trinajstić information content (AvgIpc) is 3.29. The molecule has 2 aromatic heterocycles. The van der Waals surface area contributed by atoms with Crippen LogP contribution in [0.5, 0.6) is 0 Å². The predicted octanol–water partition coefficient (Wildman–Crippen LogP) is 1.20. The molecule has 0 N–H and O–H groups in total. The highest BCUT2D eigenvalue weighted by molar-refractivity contribution is 5.91. The van der Waals surface area contributed by atoms with E-state index in [0.717, 1.165) is 31.7 Å². The van der Waals surface area contributed by atoms with Crippen LogP contribution in [-0.4, -0.2) is 56.5 Å². The van der Waals surface area contributed by atoms with Gasteiger partial charge in [-0.05, 0) is 18.8 Å². The van der Waals surface area contributed by atoms with Crippen molar-refractivity contribution in [3.8, 4) is 0 Å². The molecule has 2 fully saturated rings. The van der Waals surface area contributed by atoms with Crippen LogP contribution in [0.2, 0.25) is 0 Å². The lowest BCUT2D eigenvalue weighted by molar-refractivity contribution is 0.0763. The zero-order valence-corrected chi connectivity index (χ0v) is 14.0. The quantitative estimate of drug-likeness (QED) is 0.848. The van der Waals surface area contributed by atoms with Crippen molar-refractivity contribution in [2.24, 2.45) is 18.9 Å². The molecule has 0 bridgehead atoms. The van der Waals surface area contributed by atoms with E-state index in [2.05, 4.69) is 26.9 Å². The van der Waals surface area contributed by atoms with E-state index >= 15 is 0 Å². The topological polar surface area (TPSA) is 67.2 Å². The van der Waals surface area contributed by atoms with Gasteiger partial charge in [0.15, 0.2) is 5.82 Å². The Morgan fingerprint density at radius 1 is 1.21 bits per heavy atom. The molecule has 3 atom stereocenters. The van der Waals surface area contributed by atoms with Crippen LogP contribution in [-0.2, 0) is 7.05 Å². The normalized spacial score (nSPS) is 25.8. The van der Waals surface area contributed by atoms with Gasteiger partial charge in [0.05, 0.1) is 6.20 Å². The average molecular weight is 326 g/mol. The van der Waals surface area contributed by atoms with Crippen LogP contribution < -0.4 is 4.90 Å². The molecule has 1 aliphatic carbocycles. The van der Waals surface area contributed by atoms with Crippen LogP contribution in [0, 0.1) is 11.8 Å². The highest BCUT2D eigenvalue weighted by Crippen LogP contribution is 2.41. The number of likely N-dealkylation sites (tertiary alicyclic amines) is 1. The van der Waals surface area contributed by atoms with Crippen molar-refractivity contribution in [1.29, 1.82) is 0 Å². The largest absolute Gasteiger partial charge is 0.355 e. The monoisotopic (exact) mass is 326 g/mol. The lowest BCUT2D eigenvalue weighted by Crippen LogP contribution is -2.39. The first-order valence-corrected chi connectivity index (χ1v) is 8.40. The molecular formula is C17H22N6O. The van der Waals surface area contributed by atoms with Gasteiger partial charge in [0.25, 0.3) is 5.91 Å². The van der Waals surface area contributed by atoms with E-state index in [9.17, 15) is 4.79 Å². The fraction of sp³-hybridized carbons (Fsp3) is 0.529. The number of hydrogen-bond acceptors (Lipinski definition) is 5. The van der Waals surface area contributed by atoms with Crippen LogP contribution in [0.15, 0.2) is 31.0 Å². The fourth-order valence-corrected chi connectivity index (χ4v) is 4.24. The SMILES string of the molecule is CN(c1cnccn1)[C@@H]1CC[C@@H]2CN(C(=O)c3nccn3C)C[C@@H]21. The Hall–Kier alpha value is -2.44. The first-order valence-electron chi connectivity index (χ1n) is 8.40. The maximum Gasteiger partial charge on any atom is 0.289 e. The van der Waals surface area contributed by atoms with Gasteiger partial charge >= 0.3 is 0 Å². The summed E-state index contributed by atoms with van der Waals surface area (Å²) >= 11 is 0.